The minimum Gasteiger partial charge on any atom is -0.319 e. The van der Waals surface area contributed by atoms with Gasteiger partial charge in [-0.15, -0.1) is 0 Å². The molecule has 3 nitrogen and oxygen atoms in total. The zero-order chi connectivity index (χ0) is 9.68. The summed E-state index contributed by atoms with van der Waals surface area (Å²) in [7, 11) is 1.45. The summed E-state index contributed by atoms with van der Waals surface area (Å²) in [5.74, 6) is 2.43. The molecule has 0 amide bonds. The van der Waals surface area contributed by atoms with Crippen molar-refractivity contribution in [2.24, 2.45) is 5.92 Å². The van der Waals surface area contributed by atoms with Gasteiger partial charge in [0.15, 0.2) is 0 Å². The Morgan fingerprint density at radius 1 is 1.46 bits per heavy atom. The van der Waals surface area contributed by atoms with Crippen LogP contribution in [0.1, 0.15) is 6.92 Å². The van der Waals surface area contributed by atoms with Crippen molar-refractivity contribution in [2.45, 2.75) is 6.92 Å². The minimum atomic E-state index is -0.537. The van der Waals surface area contributed by atoms with E-state index in [9.17, 15) is 4.21 Å². The summed E-state index contributed by atoms with van der Waals surface area (Å²) in [6.07, 6.45) is 0. The standard InChI is InChI=1S/C9H20N2OS/c1-9(7-10-2)8-11-3-5-13(12)6-4-11/h9-10H,3-8H2,1-2H3. The molecule has 0 aromatic rings. The van der Waals surface area contributed by atoms with Crippen LogP contribution in [0.4, 0.5) is 0 Å². The number of hydrogen-bond donors (Lipinski definition) is 1. The predicted molar refractivity (Wildman–Crippen MR) is 57.4 cm³/mol. The second-order valence-electron chi connectivity index (χ2n) is 3.81. The van der Waals surface area contributed by atoms with Gasteiger partial charge in [-0.05, 0) is 19.5 Å². The molecule has 0 spiro atoms. The van der Waals surface area contributed by atoms with Gasteiger partial charge in [0.25, 0.3) is 0 Å². The number of nitrogens with one attached hydrogen (secondary N) is 1. The fraction of sp³-hybridized carbons (Fsp3) is 1.00. The molecule has 1 atom stereocenters. The first kappa shape index (κ1) is 11.1. The Balaban J connectivity index is 2.18. The van der Waals surface area contributed by atoms with Crippen LogP contribution in [-0.2, 0) is 10.8 Å². The minimum absolute atomic E-state index is 0.537. The summed E-state index contributed by atoms with van der Waals surface area (Å²) in [6, 6.07) is 0. The molecule has 1 fully saturated rings. The summed E-state index contributed by atoms with van der Waals surface area (Å²) in [6.45, 7) is 6.49. The summed E-state index contributed by atoms with van der Waals surface area (Å²) >= 11 is 0. The van der Waals surface area contributed by atoms with Crippen molar-refractivity contribution in [1.29, 1.82) is 0 Å². The molecule has 13 heavy (non-hydrogen) atoms. The van der Waals surface area contributed by atoms with Crippen molar-refractivity contribution in [1.82, 2.24) is 10.2 Å². The first-order chi connectivity index (χ1) is 6.22. The van der Waals surface area contributed by atoms with Crippen LogP contribution in [0, 0.1) is 5.92 Å². The van der Waals surface area contributed by atoms with Crippen LogP contribution in [0.2, 0.25) is 0 Å². The quantitative estimate of drug-likeness (QED) is 0.694. The van der Waals surface area contributed by atoms with Crippen LogP contribution < -0.4 is 5.32 Å². The van der Waals surface area contributed by atoms with E-state index in [2.05, 4.69) is 17.1 Å². The molecule has 1 saturated heterocycles. The van der Waals surface area contributed by atoms with Crippen LogP contribution >= 0.6 is 0 Å². The van der Waals surface area contributed by atoms with Gasteiger partial charge in [0.05, 0.1) is 0 Å². The monoisotopic (exact) mass is 204 g/mol. The largest absolute Gasteiger partial charge is 0.319 e. The SMILES string of the molecule is CNCC(C)CN1CCS(=O)CC1. The van der Waals surface area contributed by atoms with Crippen molar-refractivity contribution >= 4 is 10.8 Å². The van der Waals surface area contributed by atoms with Gasteiger partial charge in [-0.1, -0.05) is 6.92 Å². The normalized spacial score (nSPS) is 23.2. The number of hydrogen-bond acceptors (Lipinski definition) is 3. The molecule has 1 heterocycles. The Labute approximate surface area is 83.3 Å². The molecule has 0 aliphatic carbocycles. The lowest BCUT2D eigenvalue weighted by Gasteiger charge is -2.28. The number of nitrogens with zero attached hydrogens (tertiary/aromatic N) is 1. The zero-order valence-corrected chi connectivity index (χ0v) is 9.40. The molecule has 1 N–H and O–H groups in total. The Morgan fingerprint density at radius 3 is 2.62 bits per heavy atom. The maximum absolute atomic E-state index is 11.1. The maximum atomic E-state index is 11.1. The molecule has 0 aromatic heterocycles. The van der Waals surface area contributed by atoms with Crippen LogP contribution in [-0.4, -0.2) is 53.8 Å². The highest BCUT2D eigenvalue weighted by Crippen LogP contribution is 2.03. The van der Waals surface area contributed by atoms with E-state index < -0.39 is 10.8 Å². The van der Waals surface area contributed by atoms with E-state index >= 15 is 0 Å². The zero-order valence-electron chi connectivity index (χ0n) is 8.58. The van der Waals surface area contributed by atoms with Crippen molar-refractivity contribution in [2.75, 3.05) is 44.7 Å². The molecule has 1 unspecified atom stereocenters. The predicted octanol–water partition coefficient (Wildman–Crippen LogP) is -0.0938. The smallest absolute Gasteiger partial charge is 0.0363 e. The topological polar surface area (TPSA) is 32.3 Å². The van der Waals surface area contributed by atoms with Crippen molar-refractivity contribution < 1.29 is 4.21 Å². The van der Waals surface area contributed by atoms with Crippen molar-refractivity contribution in [3.05, 3.63) is 0 Å². The Kier molecular flexibility index (Phi) is 4.91. The van der Waals surface area contributed by atoms with Gasteiger partial charge in [0, 0.05) is 41.9 Å². The lowest BCUT2D eigenvalue weighted by atomic mass is 10.1. The molecule has 4 heteroatoms. The third kappa shape index (κ3) is 4.20. The summed E-state index contributed by atoms with van der Waals surface area (Å²) < 4.78 is 11.1. The van der Waals surface area contributed by atoms with Gasteiger partial charge in [-0.2, -0.15) is 0 Å². The van der Waals surface area contributed by atoms with Gasteiger partial charge in [0.2, 0.25) is 0 Å². The van der Waals surface area contributed by atoms with E-state index in [1.165, 1.54) is 0 Å². The van der Waals surface area contributed by atoms with Gasteiger partial charge >= 0.3 is 0 Å². The summed E-state index contributed by atoms with van der Waals surface area (Å²) in [4.78, 5) is 2.42. The van der Waals surface area contributed by atoms with Gasteiger partial charge in [-0.25, -0.2) is 0 Å². The second kappa shape index (κ2) is 5.73. The second-order valence-corrected chi connectivity index (χ2v) is 5.51. The third-order valence-corrected chi connectivity index (χ3v) is 3.67. The van der Waals surface area contributed by atoms with Gasteiger partial charge in [-0.3, -0.25) is 4.21 Å². The molecule has 0 saturated carbocycles. The first-order valence-corrected chi connectivity index (χ1v) is 6.43. The average molecular weight is 204 g/mol. The Morgan fingerprint density at radius 2 is 2.08 bits per heavy atom. The highest BCUT2D eigenvalue weighted by Gasteiger charge is 2.16. The lowest BCUT2D eigenvalue weighted by molar-refractivity contribution is 0.256. The average Bonchev–Trinajstić information content (AvgIpc) is 2.09. The Hall–Kier alpha value is 0.0700. The summed E-state index contributed by atoms with van der Waals surface area (Å²) in [5.41, 5.74) is 0. The molecule has 1 aliphatic heterocycles. The highest BCUT2D eigenvalue weighted by molar-refractivity contribution is 7.85. The van der Waals surface area contributed by atoms with Crippen LogP contribution in [0.15, 0.2) is 0 Å². The van der Waals surface area contributed by atoms with E-state index in [1.54, 1.807) is 0 Å². The molecule has 0 bridgehead atoms. The molecule has 78 valence electrons. The van der Waals surface area contributed by atoms with Crippen molar-refractivity contribution in [3.63, 3.8) is 0 Å². The molecule has 1 rings (SSSR count). The van der Waals surface area contributed by atoms with E-state index in [0.717, 1.165) is 37.7 Å². The van der Waals surface area contributed by atoms with Crippen molar-refractivity contribution in [3.8, 4) is 0 Å². The van der Waals surface area contributed by atoms with E-state index in [1.807, 2.05) is 7.05 Å². The van der Waals surface area contributed by atoms with Crippen LogP contribution in [0.5, 0.6) is 0 Å². The number of rotatable bonds is 4. The molecule has 1 aliphatic rings. The van der Waals surface area contributed by atoms with Crippen LogP contribution in [0.3, 0.4) is 0 Å². The maximum Gasteiger partial charge on any atom is 0.0363 e. The molecular formula is C9H20N2OS. The fourth-order valence-corrected chi connectivity index (χ4v) is 2.84. The highest BCUT2D eigenvalue weighted by atomic mass is 32.2. The summed E-state index contributed by atoms with van der Waals surface area (Å²) in [5, 5.41) is 3.18. The van der Waals surface area contributed by atoms with Gasteiger partial charge < -0.3 is 10.2 Å². The molecule has 0 aromatic carbocycles. The molecule has 0 radical (unpaired) electrons. The van der Waals surface area contributed by atoms with E-state index in [4.69, 9.17) is 0 Å². The van der Waals surface area contributed by atoms with Gasteiger partial charge in [0.1, 0.15) is 0 Å². The first-order valence-electron chi connectivity index (χ1n) is 4.94. The van der Waals surface area contributed by atoms with E-state index in [0.29, 0.717) is 5.92 Å². The molecular weight excluding hydrogens is 184 g/mol. The van der Waals surface area contributed by atoms with Crippen LogP contribution in [0.25, 0.3) is 0 Å². The third-order valence-electron chi connectivity index (χ3n) is 2.39. The van der Waals surface area contributed by atoms with E-state index in [-0.39, 0.29) is 0 Å². The lowest BCUT2D eigenvalue weighted by Crippen LogP contribution is -2.41. The Bertz CT molecular complexity index is 165. The fourth-order valence-electron chi connectivity index (χ4n) is 1.71.